The van der Waals surface area contributed by atoms with Gasteiger partial charge in [-0.3, -0.25) is 0 Å². The summed E-state index contributed by atoms with van der Waals surface area (Å²) in [5.74, 6) is 5.81. The monoisotopic (exact) mass is 210 g/mol. The second-order valence-corrected chi connectivity index (χ2v) is 5.26. The molecule has 0 heterocycles. The van der Waals surface area contributed by atoms with Gasteiger partial charge in [-0.2, -0.15) is 0 Å². The third kappa shape index (κ3) is 9.49. The molecule has 0 aromatic heterocycles. The van der Waals surface area contributed by atoms with Crippen LogP contribution in [0.25, 0.3) is 0 Å². The Morgan fingerprint density at radius 1 is 1.27 bits per heavy atom. The third-order valence-corrected chi connectivity index (χ3v) is 2.14. The lowest BCUT2D eigenvalue weighted by Gasteiger charge is -2.21. The zero-order valence-electron chi connectivity index (χ0n) is 10.3. The van der Waals surface area contributed by atoms with Gasteiger partial charge in [-0.1, -0.05) is 25.7 Å². The first-order valence-corrected chi connectivity index (χ1v) is 5.43. The van der Waals surface area contributed by atoms with Gasteiger partial charge in [0.25, 0.3) is 0 Å². The molecule has 0 radical (unpaired) electrons. The van der Waals surface area contributed by atoms with Crippen molar-refractivity contribution in [3.63, 3.8) is 0 Å². The summed E-state index contributed by atoms with van der Waals surface area (Å²) in [6, 6.07) is 0. The molecule has 86 valence electrons. The summed E-state index contributed by atoms with van der Waals surface area (Å²) < 4.78 is 0. The number of hydrogen-bond donors (Lipinski definition) is 1. The van der Waals surface area contributed by atoms with Crippen LogP contribution in [0, 0.1) is 17.3 Å². The van der Waals surface area contributed by atoms with Crippen LogP contribution in [0.5, 0.6) is 0 Å². The van der Waals surface area contributed by atoms with Crippen molar-refractivity contribution in [3.8, 4) is 11.8 Å². The minimum Gasteiger partial charge on any atom is -0.378 e. The van der Waals surface area contributed by atoms with Crippen molar-refractivity contribution in [3.05, 3.63) is 0 Å². The van der Waals surface area contributed by atoms with Crippen LogP contribution in [0.1, 0.15) is 53.4 Å². The van der Waals surface area contributed by atoms with E-state index in [0.29, 0.717) is 6.42 Å². The molecule has 0 atom stereocenters. The van der Waals surface area contributed by atoms with Crippen LogP contribution in [0.3, 0.4) is 0 Å². The van der Waals surface area contributed by atoms with Gasteiger partial charge >= 0.3 is 0 Å². The lowest BCUT2D eigenvalue weighted by Crippen LogP contribution is -2.15. The van der Waals surface area contributed by atoms with E-state index in [-0.39, 0.29) is 5.41 Å². The van der Waals surface area contributed by atoms with Gasteiger partial charge in [0, 0.05) is 12.8 Å². The molecule has 2 nitrogen and oxygen atoms in total. The zero-order valence-corrected chi connectivity index (χ0v) is 10.3. The van der Waals surface area contributed by atoms with Gasteiger partial charge in [0.05, 0.1) is 0 Å². The Bertz CT molecular complexity index is 248. The first-order valence-electron chi connectivity index (χ1n) is 5.43. The van der Waals surface area contributed by atoms with Gasteiger partial charge in [0.1, 0.15) is 11.9 Å². The second kappa shape index (κ2) is 5.92. The molecule has 0 amide bonds. The molecule has 0 fully saturated rings. The van der Waals surface area contributed by atoms with Crippen molar-refractivity contribution in [1.29, 1.82) is 0 Å². The average molecular weight is 210 g/mol. The number of aliphatic hydroxyl groups is 1. The highest BCUT2D eigenvalue weighted by Crippen LogP contribution is 2.26. The number of rotatable bonds is 5. The van der Waals surface area contributed by atoms with E-state index in [4.69, 9.17) is 0 Å². The number of aldehydes is 1. The predicted molar refractivity (Wildman–Crippen MR) is 62.4 cm³/mol. The molecule has 0 saturated carbocycles. The van der Waals surface area contributed by atoms with Crippen LogP contribution >= 0.6 is 0 Å². The number of hydrogen-bond acceptors (Lipinski definition) is 2. The minimum absolute atomic E-state index is 0.126. The normalized spacial score (nSPS) is 11.8. The molecule has 0 saturated heterocycles. The molecule has 2 heteroatoms. The van der Waals surface area contributed by atoms with Crippen molar-refractivity contribution in [2.45, 2.75) is 59.0 Å². The number of carbonyl (C=O) groups is 1. The molecule has 0 aliphatic heterocycles. The van der Waals surface area contributed by atoms with Crippen molar-refractivity contribution < 1.29 is 9.90 Å². The fraction of sp³-hybridized carbons (Fsp3) is 0.769. The van der Waals surface area contributed by atoms with Crippen LogP contribution in [-0.4, -0.2) is 17.0 Å². The molecule has 0 rings (SSSR count). The highest BCUT2D eigenvalue weighted by molar-refractivity contribution is 5.48. The summed E-state index contributed by atoms with van der Waals surface area (Å²) in [6.45, 7) is 7.63. The van der Waals surface area contributed by atoms with Crippen molar-refractivity contribution in [1.82, 2.24) is 0 Å². The quantitative estimate of drug-likeness (QED) is 0.430. The Kier molecular flexibility index (Phi) is 5.60. The summed E-state index contributed by atoms with van der Waals surface area (Å²) >= 11 is 0. The first kappa shape index (κ1) is 14.2. The van der Waals surface area contributed by atoms with E-state index in [1.54, 1.807) is 13.8 Å². The molecule has 15 heavy (non-hydrogen) atoms. The van der Waals surface area contributed by atoms with Gasteiger partial charge in [0.2, 0.25) is 0 Å². The fourth-order valence-corrected chi connectivity index (χ4v) is 1.25. The van der Waals surface area contributed by atoms with E-state index >= 15 is 0 Å². The maximum absolute atomic E-state index is 10.2. The summed E-state index contributed by atoms with van der Waals surface area (Å²) in [5.41, 5.74) is -0.778. The summed E-state index contributed by atoms with van der Waals surface area (Å²) in [7, 11) is 0. The molecule has 0 aromatic rings. The molecule has 0 aliphatic rings. The van der Waals surface area contributed by atoms with Gasteiger partial charge in [-0.15, -0.1) is 0 Å². The Hall–Kier alpha value is -0.810. The third-order valence-electron chi connectivity index (χ3n) is 2.14. The molecule has 0 aliphatic carbocycles. The van der Waals surface area contributed by atoms with Crippen LogP contribution in [0.2, 0.25) is 0 Å². The molecule has 0 aromatic carbocycles. The van der Waals surface area contributed by atoms with Crippen LogP contribution < -0.4 is 0 Å². The van der Waals surface area contributed by atoms with E-state index in [0.717, 1.165) is 25.5 Å². The van der Waals surface area contributed by atoms with E-state index < -0.39 is 5.60 Å². The highest BCUT2D eigenvalue weighted by Gasteiger charge is 2.16. The zero-order chi connectivity index (χ0) is 11.9. The van der Waals surface area contributed by atoms with Gasteiger partial charge in [0.15, 0.2) is 0 Å². The largest absolute Gasteiger partial charge is 0.378 e. The first-order chi connectivity index (χ1) is 6.77. The lowest BCUT2D eigenvalue weighted by molar-refractivity contribution is -0.108. The van der Waals surface area contributed by atoms with Crippen molar-refractivity contribution in [2.75, 3.05) is 0 Å². The van der Waals surface area contributed by atoms with Gasteiger partial charge in [-0.25, -0.2) is 0 Å². The second-order valence-electron chi connectivity index (χ2n) is 5.26. The average Bonchev–Trinajstić information content (AvgIpc) is 2.01. The van der Waals surface area contributed by atoms with Crippen molar-refractivity contribution >= 4 is 6.29 Å². The Balaban J connectivity index is 4.01. The van der Waals surface area contributed by atoms with Crippen LogP contribution in [0.15, 0.2) is 0 Å². The number of unbranched alkanes of at least 4 members (excludes halogenated alkanes) is 1. The molecule has 0 unspecified atom stereocenters. The topological polar surface area (TPSA) is 37.3 Å². The van der Waals surface area contributed by atoms with Crippen molar-refractivity contribution in [2.24, 2.45) is 5.41 Å². The Morgan fingerprint density at radius 3 is 2.33 bits per heavy atom. The lowest BCUT2D eigenvalue weighted by atomic mass is 9.84. The van der Waals surface area contributed by atoms with Crippen LogP contribution in [-0.2, 0) is 4.79 Å². The molecular formula is C13H22O2. The van der Waals surface area contributed by atoms with E-state index in [2.05, 4.69) is 25.7 Å². The minimum atomic E-state index is -0.904. The summed E-state index contributed by atoms with van der Waals surface area (Å²) in [6.07, 6.45) is 4.25. The maximum Gasteiger partial charge on any atom is 0.119 e. The summed E-state index contributed by atoms with van der Waals surface area (Å²) in [5, 5.41) is 9.41. The van der Waals surface area contributed by atoms with Crippen LogP contribution in [0.4, 0.5) is 0 Å². The van der Waals surface area contributed by atoms with E-state index in [9.17, 15) is 9.90 Å². The SMILES string of the molecule is CC(C)(O)C#CCC(C)(C)CCCC=O. The number of carbonyl (C=O) groups excluding carboxylic acids is 1. The smallest absolute Gasteiger partial charge is 0.119 e. The predicted octanol–water partition coefficient (Wildman–Crippen LogP) is 2.55. The summed E-state index contributed by atoms with van der Waals surface area (Å²) in [4.78, 5) is 10.2. The maximum atomic E-state index is 10.2. The Morgan fingerprint density at radius 2 is 1.87 bits per heavy atom. The molecule has 1 N–H and O–H groups in total. The van der Waals surface area contributed by atoms with E-state index in [1.165, 1.54) is 0 Å². The van der Waals surface area contributed by atoms with Gasteiger partial charge < -0.3 is 9.90 Å². The highest BCUT2D eigenvalue weighted by atomic mass is 16.3. The van der Waals surface area contributed by atoms with Gasteiger partial charge in [-0.05, 0) is 32.1 Å². The van der Waals surface area contributed by atoms with E-state index in [1.807, 2.05) is 0 Å². The molecular weight excluding hydrogens is 188 g/mol. The molecule has 0 bridgehead atoms. The fourth-order valence-electron chi connectivity index (χ4n) is 1.25. The Labute approximate surface area is 93.1 Å². The molecule has 0 spiro atoms. The standard InChI is InChI=1S/C13H22O2/c1-12(2,8-5-6-11-14)9-7-10-13(3,4)15/h11,15H,5-6,8-9H2,1-4H3.